The third kappa shape index (κ3) is 3.30. The van der Waals surface area contributed by atoms with Crippen LogP contribution in [0.4, 0.5) is 0 Å². The van der Waals surface area contributed by atoms with Gasteiger partial charge in [-0.25, -0.2) is 0 Å². The first-order valence-corrected chi connectivity index (χ1v) is 7.61. The van der Waals surface area contributed by atoms with E-state index in [0.29, 0.717) is 10.6 Å². The quantitative estimate of drug-likeness (QED) is 0.780. The minimum Gasteiger partial charge on any atom is -0.335 e. The number of hydrogen-bond donors (Lipinski definition) is 0. The molecule has 2 rings (SSSR count). The molecule has 0 aliphatic carbocycles. The Morgan fingerprint density at radius 3 is 2.89 bits per heavy atom. The summed E-state index contributed by atoms with van der Waals surface area (Å²) in [5.41, 5.74) is 0.576. The largest absolute Gasteiger partial charge is 0.335 e. The molecule has 1 unspecified atom stereocenters. The van der Waals surface area contributed by atoms with Gasteiger partial charge < -0.3 is 9.80 Å². The normalized spacial score (nSPS) is 21.3. The molecule has 1 heterocycles. The van der Waals surface area contributed by atoms with Crippen LogP contribution in [-0.4, -0.2) is 48.4 Å². The summed E-state index contributed by atoms with van der Waals surface area (Å²) < 4.78 is 0.764. The number of halogens is 2. The molecule has 104 valence electrons. The first-order valence-electron chi connectivity index (χ1n) is 6.44. The van der Waals surface area contributed by atoms with Crippen LogP contribution in [0, 0.1) is 0 Å². The minimum absolute atomic E-state index is 0.0223. The fourth-order valence-corrected chi connectivity index (χ4v) is 3.07. The predicted molar refractivity (Wildman–Crippen MR) is 81.8 cm³/mol. The van der Waals surface area contributed by atoms with Gasteiger partial charge in [0.05, 0.1) is 10.6 Å². The van der Waals surface area contributed by atoms with Crippen LogP contribution < -0.4 is 0 Å². The van der Waals surface area contributed by atoms with Crippen LogP contribution in [0.2, 0.25) is 5.02 Å². The summed E-state index contributed by atoms with van der Waals surface area (Å²) in [6, 6.07) is 5.68. The second-order valence-corrected chi connectivity index (χ2v) is 6.30. The van der Waals surface area contributed by atoms with Crippen LogP contribution in [0.3, 0.4) is 0 Å². The van der Waals surface area contributed by atoms with Gasteiger partial charge in [-0.2, -0.15) is 0 Å². The summed E-state index contributed by atoms with van der Waals surface area (Å²) in [5.74, 6) is 0.0223. The molecular formula is C14H18BrClN2O. The fraction of sp³-hybridized carbons (Fsp3) is 0.500. The van der Waals surface area contributed by atoms with E-state index in [1.54, 1.807) is 6.07 Å². The van der Waals surface area contributed by atoms with Crippen molar-refractivity contribution in [1.82, 2.24) is 9.80 Å². The number of benzene rings is 1. The van der Waals surface area contributed by atoms with E-state index >= 15 is 0 Å². The Bertz CT molecular complexity index is 481. The smallest absolute Gasteiger partial charge is 0.255 e. The number of nitrogens with zero attached hydrogens (tertiary/aromatic N) is 2. The Hall–Kier alpha value is -0.580. The topological polar surface area (TPSA) is 23.6 Å². The molecule has 0 spiro atoms. The Labute approximate surface area is 127 Å². The molecule has 1 atom stereocenters. The van der Waals surface area contributed by atoms with E-state index in [2.05, 4.69) is 34.8 Å². The molecule has 0 bridgehead atoms. The highest BCUT2D eigenvalue weighted by atomic mass is 79.9. The van der Waals surface area contributed by atoms with Crippen molar-refractivity contribution >= 4 is 33.4 Å². The minimum atomic E-state index is 0.0223. The molecule has 1 saturated heterocycles. The lowest BCUT2D eigenvalue weighted by Crippen LogP contribution is -2.42. The molecule has 0 saturated carbocycles. The van der Waals surface area contributed by atoms with E-state index in [4.69, 9.17) is 11.6 Å². The summed E-state index contributed by atoms with van der Waals surface area (Å²) in [4.78, 5) is 16.8. The summed E-state index contributed by atoms with van der Waals surface area (Å²) >= 11 is 9.59. The van der Waals surface area contributed by atoms with Gasteiger partial charge in [0, 0.05) is 23.6 Å². The SMILES string of the molecule is CC1CN(C)CCCN1C(=O)c1cccc(Br)c1Cl. The van der Waals surface area contributed by atoms with E-state index in [1.807, 2.05) is 17.0 Å². The molecule has 3 nitrogen and oxygen atoms in total. The van der Waals surface area contributed by atoms with E-state index < -0.39 is 0 Å². The molecule has 0 radical (unpaired) electrons. The third-order valence-corrected chi connectivity index (χ3v) is 4.79. The Kier molecular flexibility index (Phi) is 4.87. The molecule has 1 aliphatic heterocycles. The van der Waals surface area contributed by atoms with Gasteiger partial charge in [-0.15, -0.1) is 0 Å². The molecule has 1 fully saturated rings. The molecule has 1 aromatic rings. The van der Waals surface area contributed by atoms with Crippen LogP contribution in [0.1, 0.15) is 23.7 Å². The second kappa shape index (κ2) is 6.25. The first-order chi connectivity index (χ1) is 9.00. The maximum atomic E-state index is 12.6. The van der Waals surface area contributed by atoms with Gasteiger partial charge >= 0.3 is 0 Å². The lowest BCUT2D eigenvalue weighted by atomic mass is 10.1. The molecule has 19 heavy (non-hydrogen) atoms. The van der Waals surface area contributed by atoms with E-state index in [0.717, 1.165) is 30.5 Å². The van der Waals surface area contributed by atoms with Crippen LogP contribution >= 0.6 is 27.5 Å². The van der Waals surface area contributed by atoms with Crippen molar-refractivity contribution in [2.24, 2.45) is 0 Å². The highest BCUT2D eigenvalue weighted by Crippen LogP contribution is 2.27. The van der Waals surface area contributed by atoms with Crippen molar-refractivity contribution in [2.75, 3.05) is 26.7 Å². The van der Waals surface area contributed by atoms with Gasteiger partial charge in [-0.1, -0.05) is 17.7 Å². The number of hydrogen-bond acceptors (Lipinski definition) is 2. The Balaban J connectivity index is 2.25. The van der Waals surface area contributed by atoms with Gasteiger partial charge in [-0.05, 0) is 55.0 Å². The molecule has 0 aromatic heterocycles. The van der Waals surface area contributed by atoms with Gasteiger partial charge in [0.2, 0.25) is 0 Å². The van der Waals surface area contributed by atoms with Crippen molar-refractivity contribution in [3.05, 3.63) is 33.3 Å². The first kappa shape index (κ1) is 14.8. The second-order valence-electron chi connectivity index (χ2n) is 5.06. The van der Waals surface area contributed by atoms with Crippen molar-refractivity contribution in [3.63, 3.8) is 0 Å². The monoisotopic (exact) mass is 344 g/mol. The Morgan fingerprint density at radius 2 is 2.16 bits per heavy atom. The average molecular weight is 346 g/mol. The zero-order valence-corrected chi connectivity index (χ0v) is 13.5. The molecule has 5 heteroatoms. The highest BCUT2D eigenvalue weighted by Gasteiger charge is 2.26. The lowest BCUT2D eigenvalue weighted by Gasteiger charge is -2.28. The van der Waals surface area contributed by atoms with Gasteiger partial charge in [0.1, 0.15) is 0 Å². The Morgan fingerprint density at radius 1 is 1.42 bits per heavy atom. The standard InChI is InChI=1S/C14H18BrClN2O/c1-10-9-17(2)7-4-8-18(10)14(19)11-5-3-6-12(15)13(11)16/h3,5-6,10H,4,7-9H2,1-2H3. The summed E-state index contributed by atoms with van der Waals surface area (Å²) in [6.07, 6.45) is 0.998. The van der Waals surface area contributed by atoms with Crippen LogP contribution in [0.15, 0.2) is 22.7 Å². The fourth-order valence-electron chi connectivity index (χ4n) is 2.50. The molecular weight excluding hydrogens is 328 g/mol. The van der Waals surface area contributed by atoms with Gasteiger partial charge in [-0.3, -0.25) is 4.79 Å². The van der Waals surface area contributed by atoms with E-state index in [9.17, 15) is 4.79 Å². The number of rotatable bonds is 1. The maximum absolute atomic E-state index is 12.6. The maximum Gasteiger partial charge on any atom is 0.255 e. The highest BCUT2D eigenvalue weighted by molar-refractivity contribution is 9.10. The molecule has 1 aliphatic rings. The van der Waals surface area contributed by atoms with Crippen molar-refractivity contribution in [1.29, 1.82) is 0 Å². The number of carbonyl (C=O) groups is 1. The number of carbonyl (C=O) groups excluding carboxylic acids is 1. The molecule has 1 amide bonds. The van der Waals surface area contributed by atoms with Gasteiger partial charge in [0.15, 0.2) is 0 Å². The lowest BCUT2D eigenvalue weighted by molar-refractivity contribution is 0.0696. The number of amides is 1. The molecule has 0 N–H and O–H groups in total. The van der Waals surface area contributed by atoms with Crippen molar-refractivity contribution in [2.45, 2.75) is 19.4 Å². The third-order valence-electron chi connectivity index (χ3n) is 3.49. The zero-order valence-electron chi connectivity index (χ0n) is 11.2. The van der Waals surface area contributed by atoms with Crippen molar-refractivity contribution < 1.29 is 4.79 Å². The summed E-state index contributed by atoms with van der Waals surface area (Å²) in [7, 11) is 2.09. The van der Waals surface area contributed by atoms with E-state index in [-0.39, 0.29) is 11.9 Å². The van der Waals surface area contributed by atoms with Crippen molar-refractivity contribution in [3.8, 4) is 0 Å². The van der Waals surface area contributed by atoms with E-state index in [1.165, 1.54) is 0 Å². The summed E-state index contributed by atoms with van der Waals surface area (Å²) in [6.45, 7) is 4.80. The predicted octanol–water partition coefficient (Wildman–Crippen LogP) is 3.27. The van der Waals surface area contributed by atoms with Gasteiger partial charge in [0.25, 0.3) is 5.91 Å². The average Bonchev–Trinajstić information content (AvgIpc) is 2.53. The summed E-state index contributed by atoms with van der Waals surface area (Å²) in [5, 5.41) is 0.498. The molecule has 1 aromatic carbocycles. The van der Waals surface area contributed by atoms with Crippen LogP contribution in [0.25, 0.3) is 0 Å². The van der Waals surface area contributed by atoms with Crippen LogP contribution in [-0.2, 0) is 0 Å². The van der Waals surface area contributed by atoms with Crippen LogP contribution in [0.5, 0.6) is 0 Å². The zero-order chi connectivity index (χ0) is 14.0. The number of likely N-dealkylation sites (N-methyl/N-ethyl adjacent to an activating group) is 1.